The number of thiazole rings is 1. The van der Waals surface area contributed by atoms with Gasteiger partial charge in [-0.1, -0.05) is 19.8 Å². The summed E-state index contributed by atoms with van der Waals surface area (Å²) >= 11 is 1.22. The topological polar surface area (TPSA) is 53.4 Å². The molecule has 1 aromatic rings. The normalized spacial score (nSPS) is 21.7. The van der Waals surface area contributed by atoms with E-state index < -0.39 is 5.97 Å². The third kappa shape index (κ3) is 3.29. The number of likely N-dealkylation sites (tertiary alicyclic amines) is 1. The number of carboxylic acids is 1. The van der Waals surface area contributed by atoms with Crippen LogP contribution in [-0.4, -0.2) is 33.5 Å². The highest BCUT2D eigenvalue weighted by Crippen LogP contribution is 2.22. The molecular formula is C13H20N2O2S. The van der Waals surface area contributed by atoms with Crippen molar-refractivity contribution in [2.75, 3.05) is 6.54 Å². The molecule has 0 aliphatic carbocycles. The number of hydrogen-bond donors (Lipinski definition) is 1. The molecule has 100 valence electrons. The molecule has 2 heterocycles. The van der Waals surface area contributed by atoms with E-state index in [1.54, 1.807) is 0 Å². The third-order valence-corrected chi connectivity index (χ3v) is 4.45. The van der Waals surface area contributed by atoms with Crippen molar-refractivity contribution in [1.82, 2.24) is 9.88 Å². The van der Waals surface area contributed by atoms with Gasteiger partial charge in [0.15, 0.2) is 0 Å². The molecule has 0 spiro atoms. The summed E-state index contributed by atoms with van der Waals surface area (Å²) in [6.45, 7) is 4.13. The summed E-state index contributed by atoms with van der Waals surface area (Å²) in [5, 5.41) is 11.0. The predicted octanol–water partition coefficient (Wildman–Crippen LogP) is 3.00. The molecule has 0 aromatic carbocycles. The molecule has 1 aromatic heterocycles. The van der Waals surface area contributed by atoms with Crippen molar-refractivity contribution in [3.63, 3.8) is 0 Å². The highest BCUT2D eigenvalue weighted by atomic mass is 32.1. The number of aromatic nitrogens is 1. The number of nitrogens with zero attached hydrogens (tertiary/aromatic N) is 2. The Hall–Kier alpha value is -0.940. The highest BCUT2D eigenvalue weighted by molar-refractivity contribution is 7.11. The molecular weight excluding hydrogens is 248 g/mol. The summed E-state index contributed by atoms with van der Waals surface area (Å²) in [7, 11) is 0. The number of carbonyl (C=O) groups is 1. The molecule has 1 atom stereocenters. The second-order valence-electron chi connectivity index (χ2n) is 4.83. The van der Waals surface area contributed by atoms with Gasteiger partial charge in [0.1, 0.15) is 0 Å². The quantitative estimate of drug-likeness (QED) is 0.912. The standard InChI is InChI=1S/C13H20N2O2S/c1-2-11-6-4-3-5-7-15(11)8-10-9-18-12(14-10)13(16)17/h9,11H,2-8H2,1H3,(H,16,17). The van der Waals surface area contributed by atoms with Gasteiger partial charge >= 0.3 is 5.97 Å². The van der Waals surface area contributed by atoms with Crippen molar-refractivity contribution in [2.45, 2.75) is 51.6 Å². The van der Waals surface area contributed by atoms with Crippen LogP contribution in [0.1, 0.15) is 54.5 Å². The average molecular weight is 268 g/mol. The van der Waals surface area contributed by atoms with Crippen LogP contribution in [0.2, 0.25) is 0 Å². The lowest BCUT2D eigenvalue weighted by atomic mass is 10.1. The zero-order valence-electron chi connectivity index (χ0n) is 10.8. The van der Waals surface area contributed by atoms with Gasteiger partial charge in [-0.3, -0.25) is 4.90 Å². The molecule has 1 unspecified atom stereocenters. The van der Waals surface area contributed by atoms with Crippen LogP contribution >= 0.6 is 11.3 Å². The Kier molecular flexibility index (Phi) is 4.72. The lowest BCUT2D eigenvalue weighted by Gasteiger charge is -2.28. The molecule has 0 saturated carbocycles. The summed E-state index contributed by atoms with van der Waals surface area (Å²) in [5.41, 5.74) is 0.901. The van der Waals surface area contributed by atoms with Gasteiger partial charge in [-0.05, 0) is 25.8 Å². The van der Waals surface area contributed by atoms with Crippen molar-refractivity contribution in [3.05, 3.63) is 16.1 Å². The minimum atomic E-state index is -0.922. The van der Waals surface area contributed by atoms with Crippen LogP contribution in [0, 0.1) is 0 Å². The number of hydrogen-bond acceptors (Lipinski definition) is 4. The first-order valence-electron chi connectivity index (χ1n) is 6.62. The van der Waals surface area contributed by atoms with Gasteiger partial charge in [-0.15, -0.1) is 11.3 Å². The molecule has 0 amide bonds. The summed E-state index contributed by atoms with van der Waals surface area (Å²) < 4.78 is 0. The van der Waals surface area contributed by atoms with Gasteiger partial charge in [0.05, 0.1) is 5.69 Å². The van der Waals surface area contributed by atoms with E-state index in [0.717, 1.165) is 25.2 Å². The molecule has 1 aliphatic rings. The van der Waals surface area contributed by atoms with E-state index >= 15 is 0 Å². The number of carboxylic acid groups (broad SMARTS) is 1. The molecule has 18 heavy (non-hydrogen) atoms. The van der Waals surface area contributed by atoms with Gasteiger partial charge in [-0.2, -0.15) is 0 Å². The van der Waals surface area contributed by atoms with Crippen LogP contribution in [0.5, 0.6) is 0 Å². The fraction of sp³-hybridized carbons (Fsp3) is 0.692. The van der Waals surface area contributed by atoms with Crippen molar-refractivity contribution < 1.29 is 9.90 Å². The first kappa shape index (κ1) is 13.5. The van der Waals surface area contributed by atoms with E-state index in [1.165, 1.54) is 37.0 Å². The lowest BCUT2D eigenvalue weighted by molar-refractivity contribution is 0.0696. The molecule has 1 aliphatic heterocycles. The Morgan fingerprint density at radius 3 is 3.06 bits per heavy atom. The Labute approximate surface area is 112 Å². The Morgan fingerprint density at radius 2 is 2.39 bits per heavy atom. The molecule has 1 saturated heterocycles. The van der Waals surface area contributed by atoms with Gasteiger partial charge in [0.2, 0.25) is 5.01 Å². The summed E-state index contributed by atoms with van der Waals surface area (Å²) in [6, 6.07) is 0.627. The second kappa shape index (κ2) is 6.29. The van der Waals surface area contributed by atoms with Gasteiger partial charge in [0.25, 0.3) is 0 Å². The van der Waals surface area contributed by atoms with Crippen LogP contribution in [-0.2, 0) is 6.54 Å². The van der Waals surface area contributed by atoms with Crippen LogP contribution < -0.4 is 0 Å². The summed E-state index contributed by atoms with van der Waals surface area (Å²) in [4.78, 5) is 17.5. The fourth-order valence-electron chi connectivity index (χ4n) is 2.59. The smallest absolute Gasteiger partial charge is 0.365 e. The molecule has 2 rings (SSSR count). The maximum atomic E-state index is 10.8. The van der Waals surface area contributed by atoms with Crippen molar-refractivity contribution in [2.24, 2.45) is 0 Å². The SMILES string of the molecule is CCC1CCCCCN1Cc1csc(C(=O)O)n1. The minimum absolute atomic E-state index is 0.202. The van der Waals surface area contributed by atoms with Crippen molar-refractivity contribution in [3.8, 4) is 0 Å². The van der Waals surface area contributed by atoms with Crippen LogP contribution in [0.3, 0.4) is 0 Å². The van der Waals surface area contributed by atoms with E-state index in [2.05, 4.69) is 16.8 Å². The maximum absolute atomic E-state index is 10.8. The van der Waals surface area contributed by atoms with E-state index in [1.807, 2.05) is 5.38 Å². The van der Waals surface area contributed by atoms with Crippen LogP contribution in [0.15, 0.2) is 5.38 Å². The summed E-state index contributed by atoms with van der Waals surface area (Å²) in [6.07, 6.45) is 6.28. The fourth-order valence-corrected chi connectivity index (χ4v) is 3.24. The van der Waals surface area contributed by atoms with Gasteiger partial charge < -0.3 is 5.11 Å². The monoisotopic (exact) mass is 268 g/mol. The van der Waals surface area contributed by atoms with Crippen molar-refractivity contribution >= 4 is 17.3 Å². The minimum Gasteiger partial charge on any atom is -0.476 e. The van der Waals surface area contributed by atoms with E-state index in [4.69, 9.17) is 5.11 Å². The molecule has 0 radical (unpaired) electrons. The van der Waals surface area contributed by atoms with E-state index in [0.29, 0.717) is 6.04 Å². The van der Waals surface area contributed by atoms with Crippen LogP contribution in [0.25, 0.3) is 0 Å². The summed E-state index contributed by atoms with van der Waals surface area (Å²) in [5.74, 6) is -0.922. The Morgan fingerprint density at radius 1 is 1.56 bits per heavy atom. The number of aromatic carboxylic acids is 1. The second-order valence-corrected chi connectivity index (χ2v) is 5.69. The van der Waals surface area contributed by atoms with Gasteiger partial charge in [-0.25, -0.2) is 9.78 Å². The largest absolute Gasteiger partial charge is 0.476 e. The predicted molar refractivity (Wildman–Crippen MR) is 72.0 cm³/mol. The molecule has 0 bridgehead atoms. The Balaban J connectivity index is 2.02. The Bertz CT molecular complexity index is 405. The van der Waals surface area contributed by atoms with E-state index in [-0.39, 0.29) is 5.01 Å². The molecule has 1 fully saturated rings. The van der Waals surface area contributed by atoms with Gasteiger partial charge in [0, 0.05) is 18.0 Å². The zero-order valence-corrected chi connectivity index (χ0v) is 11.6. The lowest BCUT2D eigenvalue weighted by Crippen LogP contribution is -2.33. The van der Waals surface area contributed by atoms with Crippen LogP contribution in [0.4, 0.5) is 0 Å². The van der Waals surface area contributed by atoms with E-state index in [9.17, 15) is 4.79 Å². The maximum Gasteiger partial charge on any atom is 0.365 e. The molecule has 1 N–H and O–H groups in total. The number of rotatable bonds is 4. The van der Waals surface area contributed by atoms with Crippen molar-refractivity contribution in [1.29, 1.82) is 0 Å². The first-order chi connectivity index (χ1) is 8.70. The highest BCUT2D eigenvalue weighted by Gasteiger charge is 2.20. The third-order valence-electron chi connectivity index (χ3n) is 3.57. The average Bonchev–Trinajstić information content (AvgIpc) is 2.70. The molecule has 5 heteroatoms. The zero-order chi connectivity index (χ0) is 13.0. The first-order valence-corrected chi connectivity index (χ1v) is 7.50. The molecule has 4 nitrogen and oxygen atoms in total.